The zero-order valence-electron chi connectivity index (χ0n) is 13.6. The van der Waals surface area contributed by atoms with E-state index in [1.54, 1.807) is 12.1 Å². The standard InChI is InChI=1S/C19H11Cl2NO4S/c20-11-5-7-15(16(21)9-11)19(23)22-27(24,25)12-6-8-14-13-3-1-2-4-17(13)26-18(14)10-12/h1-10H,(H,22,23). The number of carbonyl (C=O) groups excluding carboxylic acids is 1. The smallest absolute Gasteiger partial charge is 0.266 e. The Bertz CT molecular complexity index is 1310. The summed E-state index contributed by atoms with van der Waals surface area (Å²) in [5, 5.41) is 2.07. The summed E-state index contributed by atoms with van der Waals surface area (Å²) in [6, 6.07) is 16.0. The molecule has 5 nitrogen and oxygen atoms in total. The van der Waals surface area contributed by atoms with Crippen molar-refractivity contribution in [3.8, 4) is 0 Å². The van der Waals surface area contributed by atoms with Gasteiger partial charge in [-0.05, 0) is 36.4 Å². The minimum absolute atomic E-state index is 0.00876. The monoisotopic (exact) mass is 419 g/mol. The summed E-state index contributed by atoms with van der Waals surface area (Å²) < 4.78 is 32.9. The third-order valence-electron chi connectivity index (χ3n) is 4.06. The van der Waals surface area contributed by atoms with Gasteiger partial charge >= 0.3 is 0 Å². The van der Waals surface area contributed by atoms with Gasteiger partial charge in [-0.25, -0.2) is 13.1 Å². The van der Waals surface area contributed by atoms with Crippen LogP contribution in [0.1, 0.15) is 10.4 Å². The number of benzene rings is 3. The number of amides is 1. The van der Waals surface area contributed by atoms with E-state index in [2.05, 4.69) is 0 Å². The molecule has 4 aromatic rings. The minimum Gasteiger partial charge on any atom is -0.456 e. The molecule has 3 aromatic carbocycles. The van der Waals surface area contributed by atoms with E-state index in [1.165, 1.54) is 30.3 Å². The Kier molecular flexibility index (Phi) is 4.34. The van der Waals surface area contributed by atoms with Crippen LogP contribution in [0.3, 0.4) is 0 Å². The Hall–Kier alpha value is -2.54. The fourth-order valence-corrected chi connectivity index (χ4v) is 4.26. The van der Waals surface area contributed by atoms with E-state index < -0.39 is 15.9 Å². The molecule has 0 atom stereocenters. The second kappa shape index (κ2) is 6.56. The topological polar surface area (TPSA) is 76.4 Å². The summed E-state index contributed by atoms with van der Waals surface area (Å²) in [6.45, 7) is 0. The van der Waals surface area contributed by atoms with Gasteiger partial charge in [-0.2, -0.15) is 0 Å². The quantitative estimate of drug-likeness (QED) is 0.506. The SMILES string of the molecule is O=C(NS(=O)(=O)c1ccc2c(c1)oc1ccccc12)c1ccc(Cl)cc1Cl. The van der Waals surface area contributed by atoms with E-state index >= 15 is 0 Å². The first kappa shape index (κ1) is 17.9. The lowest BCUT2D eigenvalue weighted by Crippen LogP contribution is -2.30. The first-order valence-electron chi connectivity index (χ1n) is 7.79. The van der Waals surface area contributed by atoms with Gasteiger partial charge in [-0.3, -0.25) is 4.79 Å². The molecule has 0 saturated heterocycles. The van der Waals surface area contributed by atoms with E-state index in [1.807, 2.05) is 22.9 Å². The Morgan fingerprint density at radius 1 is 0.889 bits per heavy atom. The highest BCUT2D eigenvalue weighted by Gasteiger charge is 2.21. The van der Waals surface area contributed by atoms with Crippen molar-refractivity contribution in [2.24, 2.45) is 0 Å². The van der Waals surface area contributed by atoms with Gasteiger partial charge in [-0.1, -0.05) is 41.4 Å². The van der Waals surface area contributed by atoms with Crippen LogP contribution in [0.15, 0.2) is 70.0 Å². The normalized spacial score (nSPS) is 11.8. The fourth-order valence-electron chi connectivity index (χ4n) is 2.78. The van der Waals surface area contributed by atoms with Crippen molar-refractivity contribution in [3.63, 3.8) is 0 Å². The average molecular weight is 420 g/mol. The van der Waals surface area contributed by atoms with Crippen molar-refractivity contribution >= 4 is 61.1 Å². The summed E-state index contributed by atoms with van der Waals surface area (Å²) in [7, 11) is -4.11. The molecular weight excluding hydrogens is 409 g/mol. The van der Waals surface area contributed by atoms with E-state index in [0.717, 1.165) is 10.8 Å². The molecule has 0 aliphatic heterocycles. The van der Waals surface area contributed by atoms with E-state index in [-0.39, 0.29) is 15.5 Å². The van der Waals surface area contributed by atoms with Gasteiger partial charge < -0.3 is 4.42 Å². The third kappa shape index (κ3) is 3.27. The van der Waals surface area contributed by atoms with Gasteiger partial charge in [0.25, 0.3) is 15.9 Å². The summed E-state index contributed by atoms with van der Waals surface area (Å²) in [5.74, 6) is -0.846. The van der Waals surface area contributed by atoms with Crippen LogP contribution >= 0.6 is 23.2 Å². The number of hydrogen-bond acceptors (Lipinski definition) is 4. The molecule has 136 valence electrons. The molecule has 0 fully saturated rings. The molecule has 1 N–H and O–H groups in total. The van der Waals surface area contributed by atoms with E-state index in [0.29, 0.717) is 16.2 Å². The lowest BCUT2D eigenvalue weighted by molar-refractivity contribution is 0.0981. The van der Waals surface area contributed by atoms with Crippen LogP contribution < -0.4 is 4.72 Å². The van der Waals surface area contributed by atoms with Crippen LogP contribution in [0.25, 0.3) is 21.9 Å². The van der Waals surface area contributed by atoms with Gasteiger partial charge in [0.1, 0.15) is 11.2 Å². The number of fused-ring (bicyclic) bond motifs is 3. The molecule has 4 rings (SSSR count). The maximum absolute atomic E-state index is 12.6. The van der Waals surface area contributed by atoms with Crippen LogP contribution in [-0.2, 0) is 10.0 Å². The molecule has 0 saturated carbocycles. The van der Waals surface area contributed by atoms with Crippen molar-refractivity contribution in [2.45, 2.75) is 4.90 Å². The van der Waals surface area contributed by atoms with Crippen LogP contribution in [0.2, 0.25) is 10.0 Å². The number of nitrogens with one attached hydrogen (secondary N) is 1. The second-order valence-corrected chi connectivity index (χ2v) is 8.34. The van der Waals surface area contributed by atoms with Crippen molar-refractivity contribution in [3.05, 3.63) is 76.3 Å². The number of furan rings is 1. The zero-order valence-corrected chi connectivity index (χ0v) is 15.9. The Morgan fingerprint density at radius 3 is 2.41 bits per heavy atom. The maximum Gasteiger partial charge on any atom is 0.266 e. The highest BCUT2D eigenvalue weighted by molar-refractivity contribution is 7.90. The largest absolute Gasteiger partial charge is 0.456 e. The average Bonchev–Trinajstić information content (AvgIpc) is 2.99. The van der Waals surface area contributed by atoms with E-state index in [4.69, 9.17) is 27.6 Å². The minimum atomic E-state index is -4.11. The van der Waals surface area contributed by atoms with Gasteiger partial charge in [0.2, 0.25) is 0 Å². The van der Waals surface area contributed by atoms with Crippen LogP contribution in [0.4, 0.5) is 0 Å². The van der Waals surface area contributed by atoms with Crippen LogP contribution in [0.5, 0.6) is 0 Å². The first-order valence-corrected chi connectivity index (χ1v) is 10.0. The Balaban J connectivity index is 1.70. The van der Waals surface area contributed by atoms with Crippen molar-refractivity contribution < 1.29 is 17.6 Å². The number of sulfonamides is 1. The zero-order chi connectivity index (χ0) is 19.2. The Morgan fingerprint density at radius 2 is 1.63 bits per heavy atom. The molecule has 0 unspecified atom stereocenters. The predicted octanol–water partition coefficient (Wildman–Crippen LogP) is 5.01. The molecule has 1 amide bonds. The number of halogens is 2. The van der Waals surface area contributed by atoms with Crippen LogP contribution in [0, 0.1) is 0 Å². The maximum atomic E-state index is 12.6. The molecule has 1 heterocycles. The van der Waals surface area contributed by atoms with Crippen molar-refractivity contribution in [2.75, 3.05) is 0 Å². The molecule has 0 aliphatic carbocycles. The number of para-hydroxylation sites is 1. The predicted molar refractivity (Wildman–Crippen MR) is 105 cm³/mol. The molecule has 0 radical (unpaired) electrons. The molecular formula is C19H11Cl2NO4S. The van der Waals surface area contributed by atoms with Crippen LogP contribution in [-0.4, -0.2) is 14.3 Å². The number of carbonyl (C=O) groups is 1. The summed E-state index contributed by atoms with van der Waals surface area (Å²) in [5.41, 5.74) is 1.07. The third-order valence-corrected chi connectivity index (χ3v) is 5.94. The molecule has 0 aliphatic rings. The Labute approximate surface area is 164 Å². The van der Waals surface area contributed by atoms with Gasteiger partial charge in [0, 0.05) is 21.9 Å². The van der Waals surface area contributed by atoms with Gasteiger partial charge in [0.05, 0.1) is 15.5 Å². The van der Waals surface area contributed by atoms with E-state index in [9.17, 15) is 13.2 Å². The lowest BCUT2D eigenvalue weighted by atomic mass is 10.2. The van der Waals surface area contributed by atoms with Gasteiger partial charge in [-0.15, -0.1) is 0 Å². The summed E-state index contributed by atoms with van der Waals surface area (Å²) in [4.78, 5) is 12.2. The highest BCUT2D eigenvalue weighted by atomic mass is 35.5. The van der Waals surface area contributed by atoms with Crippen molar-refractivity contribution in [1.29, 1.82) is 0 Å². The summed E-state index contributed by atoms with van der Waals surface area (Å²) >= 11 is 11.8. The van der Waals surface area contributed by atoms with Crippen molar-refractivity contribution in [1.82, 2.24) is 4.72 Å². The summed E-state index contributed by atoms with van der Waals surface area (Å²) in [6.07, 6.45) is 0. The molecule has 1 aromatic heterocycles. The first-order chi connectivity index (χ1) is 12.8. The number of rotatable bonds is 3. The molecule has 27 heavy (non-hydrogen) atoms. The second-order valence-electron chi connectivity index (χ2n) is 5.81. The number of hydrogen-bond donors (Lipinski definition) is 1. The molecule has 0 bridgehead atoms. The molecule has 8 heteroatoms. The fraction of sp³-hybridized carbons (Fsp3) is 0. The molecule has 0 spiro atoms. The highest BCUT2D eigenvalue weighted by Crippen LogP contribution is 2.30. The lowest BCUT2D eigenvalue weighted by Gasteiger charge is -2.08. The van der Waals surface area contributed by atoms with Gasteiger partial charge in [0.15, 0.2) is 0 Å².